The van der Waals surface area contributed by atoms with Crippen molar-refractivity contribution in [3.8, 4) is 11.3 Å². The van der Waals surface area contributed by atoms with Crippen molar-refractivity contribution in [1.29, 1.82) is 0 Å². The molecule has 0 saturated carbocycles. The van der Waals surface area contributed by atoms with E-state index in [0.29, 0.717) is 34.1 Å². The summed E-state index contributed by atoms with van der Waals surface area (Å²) in [7, 11) is 0. The van der Waals surface area contributed by atoms with Gasteiger partial charge in [0.15, 0.2) is 0 Å². The monoisotopic (exact) mass is 403 g/mol. The summed E-state index contributed by atoms with van der Waals surface area (Å²) in [5, 5.41) is 2.55. The van der Waals surface area contributed by atoms with Crippen LogP contribution in [0.25, 0.3) is 17.0 Å². The maximum atomic E-state index is 12.6. The molecule has 0 aliphatic rings. The van der Waals surface area contributed by atoms with Crippen LogP contribution >= 0.6 is 23.2 Å². The number of halogens is 5. The van der Waals surface area contributed by atoms with Gasteiger partial charge >= 0.3 is 12.1 Å². The molecule has 0 radical (unpaired) electrons. The van der Waals surface area contributed by atoms with E-state index in [2.05, 4.69) is 9.97 Å². The number of hydrogen-bond donors (Lipinski definition) is 1. The van der Waals surface area contributed by atoms with Gasteiger partial charge in [-0.2, -0.15) is 13.2 Å². The van der Waals surface area contributed by atoms with Crippen LogP contribution < -0.4 is 5.32 Å². The van der Waals surface area contributed by atoms with Gasteiger partial charge in [0.05, 0.1) is 27.1 Å². The molecule has 2 aromatic rings. The van der Waals surface area contributed by atoms with Gasteiger partial charge in [-0.05, 0) is 24.6 Å². The Morgan fingerprint density at radius 1 is 1.19 bits per heavy atom. The summed E-state index contributed by atoms with van der Waals surface area (Å²) < 4.78 is 37.7. The largest absolute Gasteiger partial charge is 0.471 e. The van der Waals surface area contributed by atoms with E-state index in [1.54, 1.807) is 18.2 Å². The predicted molar refractivity (Wildman–Crippen MR) is 94.6 cm³/mol. The molecule has 0 aliphatic carbocycles. The lowest BCUT2D eigenvalue weighted by Gasteiger charge is -2.12. The van der Waals surface area contributed by atoms with Crippen molar-refractivity contribution in [3.63, 3.8) is 0 Å². The van der Waals surface area contributed by atoms with Crippen LogP contribution in [0.1, 0.15) is 25.5 Å². The Morgan fingerprint density at radius 2 is 1.92 bits per heavy atom. The van der Waals surface area contributed by atoms with Crippen molar-refractivity contribution in [1.82, 2.24) is 15.3 Å². The van der Waals surface area contributed by atoms with Crippen LogP contribution in [0.3, 0.4) is 0 Å². The zero-order chi connectivity index (χ0) is 19.3. The average Bonchev–Trinajstić information content (AvgIpc) is 2.60. The molecule has 0 saturated heterocycles. The Hall–Kier alpha value is -2.12. The molecular weight excluding hydrogens is 390 g/mol. The Kier molecular flexibility index (Phi) is 6.61. The smallest absolute Gasteiger partial charge is 0.317 e. The molecule has 0 aliphatic heterocycles. The zero-order valence-corrected chi connectivity index (χ0v) is 15.1. The molecule has 0 bridgehead atoms. The first-order valence-electron chi connectivity index (χ1n) is 7.58. The van der Waals surface area contributed by atoms with Crippen molar-refractivity contribution >= 4 is 34.8 Å². The van der Waals surface area contributed by atoms with Crippen molar-refractivity contribution < 1.29 is 18.0 Å². The van der Waals surface area contributed by atoms with E-state index >= 15 is 0 Å². The van der Waals surface area contributed by atoms with Crippen molar-refractivity contribution in [2.45, 2.75) is 25.9 Å². The first-order chi connectivity index (χ1) is 12.2. The topological polar surface area (TPSA) is 54.9 Å². The predicted octanol–water partition coefficient (Wildman–Crippen LogP) is 5.27. The molecule has 138 valence electrons. The second-order valence-corrected chi connectivity index (χ2v) is 6.09. The molecule has 0 spiro atoms. The Morgan fingerprint density at radius 3 is 2.54 bits per heavy atom. The molecule has 0 unspecified atom stereocenters. The number of aromatic nitrogens is 2. The number of rotatable bonds is 5. The minimum Gasteiger partial charge on any atom is -0.317 e. The highest BCUT2D eigenvalue weighted by molar-refractivity contribution is 6.42. The fraction of sp³-hybridized carbons (Fsp3) is 0.235. The van der Waals surface area contributed by atoms with Gasteiger partial charge in [-0.15, -0.1) is 0 Å². The number of carbonyl (C=O) groups excluding carboxylic acids is 1. The maximum absolute atomic E-state index is 12.6. The summed E-state index contributed by atoms with van der Waals surface area (Å²) in [6.45, 7) is 1.86. The number of amides is 1. The summed E-state index contributed by atoms with van der Waals surface area (Å²) in [4.78, 5) is 19.4. The van der Waals surface area contributed by atoms with E-state index < -0.39 is 12.1 Å². The lowest BCUT2D eigenvalue weighted by Crippen LogP contribution is -2.35. The molecule has 26 heavy (non-hydrogen) atoms. The first-order valence-corrected chi connectivity index (χ1v) is 8.34. The highest BCUT2D eigenvalue weighted by Crippen LogP contribution is 2.28. The van der Waals surface area contributed by atoms with E-state index in [4.69, 9.17) is 23.2 Å². The summed E-state index contributed by atoms with van der Waals surface area (Å²) in [6.07, 6.45) is -1.14. The molecule has 1 N–H and O–H groups in total. The van der Waals surface area contributed by atoms with Crippen molar-refractivity contribution in [2.75, 3.05) is 0 Å². The van der Waals surface area contributed by atoms with Crippen LogP contribution in [-0.4, -0.2) is 22.1 Å². The number of nitrogens with one attached hydrogen (secondary N) is 1. The Bertz CT molecular complexity index is 838. The number of alkyl halides is 3. The molecule has 1 amide bonds. The molecule has 9 heteroatoms. The summed E-state index contributed by atoms with van der Waals surface area (Å²) in [6, 6.07) is 6.31. The van der Waals surface area contributed by atoms with Gasteiger partial charge in [-0.25, -0.2) is 9.97 Å². The standard InChI is InChI=1S/C17H14Cl2F3N3O/c1-2-3-4-13(25-16(26)17(20,21)22)15-8-14(23-9-24-15)10-5-6-11(18)12(19)7-10/h4-9H,2-3H2,1H3,(H,25,26)/b13-4+. The van der Waals surface area contributed by atoms with Crippen LogP contribution in [0.4, 0.5) is 13.2 Å². The van der Waals surface area contributed by atoms with Gasteiger partial charge in [0, 0.05) is 5.56 Å². The highest BCUT2D eigenvalue weighted by Gasteiger charge is 2.39. The molecule has 2 rings (SSSR count). The highest BCUT2D eigenvalue weighted by atomic mass is 35.5. The van der Waals surface area contributed by atoms with E-state index in [9.17, 15) is 18.0 Å². The number of carbonyl (C=O) groups is 1. The van der Waals surface area contributed by atoms with Gasteiger partial charge in [0.25, 0.3) is 0 Å². The first kappa shape index (κ1) is 20.2. The Labute approximate surface area is 158 Å². The lowest BCUT2D eigenvalue weighted by molar-refractivity contribution is -0.172. The van der Waals surface area contributed by atoms with E-state index in [1.165, 1.54) is 18.5 Å². The van der Waals surface area contributed by atoms with E-state index in [-0.39, 0.29) is 11.4 Å². The van der Waals surface area contributed by atoms with E-state index in [0.717, 1.165) is 0 Å². The van der Waals surface area contributed by atoms with Crippen LogP contribution in [-0.2, 0) is 4.79 Å². The van der Waals surface area contributed by atoms with Gasteiger partial charge in [0.1, 0.15) is 6.33 Å². The van der Waals surface area contributed by atoms with Crippen LogP contribution in [0.15, 0.2) is 36.7 Å². The summed E-state index contributed by atoms with van der Waals surface area (Å²) in [5.41, 5.74) is 1.17. The maximum Gasteiger partial charge on any atom is 0.471 e. The van der Waals surface area contributed by atoms with E-state index in [1.807, 2.05) is 12.2 Å². The van der Waals surface area contributed by atoms with Gasteiger partial charge < -0.3 is 5.32 Å². The third kappa shape index (κ3) is 5.19. The average molecular weight is 404 g/mol. The van der Waals surface area contributed by atoms with Crippen LogP contribution in [0.2, 0.25) is 10.0 Å². The SMILES string of the molecule is CCC/C=C(/NC(=O)C(F)(F)F)c1cc(-c2ccc(Cl)c(Cl)c2)ncn1. The Balaban J connectivity index is 2.40. The molecule has 1 heterocycles. The number of benzene rings is 1. The fourth-order valence-corrected chi connectivity index (χ4v) is 2.32. The zero-order valence-electron chi connectivity index (χ0n) is 13.6. The molecule has 4 nitrogen and oxygen atoms in total. The second kappa shape index (κ2) is 8.51. The molecule has 1 aromatic heterocycles. The van der Waals surface area contributed by atoms with Crippen molar-refractivity contribution in [3.05, 3.63) is 52.4 Å². The quantitative estimate of drug-likeness (QED) is 0.739. The summed E-state index contributed by atoms with van der Waals surface area (Å²) in [5.74, 6) is -2.06. The molecule has 1 aromatic carbocycles. The van der Waals surface area contributed by atoms with Crippen LogP contribution in [0, 0.1) is 0 Å². The minimum atomic E-state index is -5.00. The third-order valence-electron chi connectivity index (χ3n) is 3.30. The number of hydrogen-bond acceptors (Lipinski definition) is 3. The normalized spacial score (nSPS) is 12.2. The third-order valence-corrected chi connectivity index (χ3v) is 4.04. The fourth-order valence-electron chi connectivity index (χ4n) is 2.02. The molecule has 0 atom stereocenters. The van der Waals surface area contributed by atoms with Crippen LogP contribution in [0.5, 0.6) is 0 Å². The van der Waals surface area contributed by atoms with Gasteiger partial charge in [0.2, 0.25) is 0 Å². The van der Waals surface area contributed by atoms with Gasteiger partial charge in [-0.3, -0.25) is 4.79 Å². The summed E-state index contributed by atoms with van der Waals surface area (Å²) >= 11 is 11.9. The second-order valence-electron chi connectivity index (χ2n) is 5.28. The number of nitrogens with zero attached hydrogens (tertiary/aromatic N) is 2. The molecule has 0 fully saturated rings. The van der Waals surface area contributed by atoms with Crippen molar-refractivity contribution in [2.24, 2.45) is 0 Å². The number of allylic oxidation sites excluding steroid dienone is 1. The lowest BCUT2D eigenvalue weighted by atomic mass is 10.1. The minimum absolute atomic E-state index is 0.0297. The van der Waals surface area contributed by atoms with Gasteiger partial charge in [-0.1, -0.05) is 48.7 Å². The number of unbranched alkanes of at least 4 members (excludes halogenated alkanes) is 1. The molecular formula is C17H14Cl2F3N3O.